The summed E-state index contributed by atoms with van der Waals surface area (Å²) in [6, 6.07) is 5.18. The number of alkyl halides is 3. The van der Waals surface area contributed by atoms with E-state index in [9.17, 15) is 22.8 Å². The van der Waals surface area contributed by atoms with Crippen molar-refractivity contribution in [2.24, 2.45) is 10.9 Å². The quantitative estimate of drug-likeness (QED) is 0.760. The third kappa shape index (κ3) is 3.86. The van der Waals surface area contributed by atoms with Crippen LogP contribution in [0.25, 0.3) is 0 Å². The van der Waals surface area contributed by atoms with Crippen LogP contribution in [0.15, 0.2) is 34.6 Å². The number of nitrogens with zero attached hydrogens (tertiary/aromatic N) is 1. The van der Waals surface area contributed by atoms with E-state index in [0.717, 1.165) is 11.3 Å². The zero-order valence-corrected chi connectivity index (χ0v) is 15.6. The number of aliphatic imine (C=N–C) groups is 1. The second kappa shape index (κ2) is 7.63. The Morgan fingerprint density at radius 2 is 1.86 bits per heavy atom. The van der Waals surface area contributed by atoms with E-state index in [1.807, 2.05) is 5.32 Å². The normalized spacial score (nSPS) is 19.0. The number of carbonyl (C=O) groups is 2. The molecule has 2 unspecified atom stereocenters. The average Bonchev–Trinajstić information content (AvgIpc) is 3.22. The highest BCUT2D eigenvalue weighted by Gasteiger charge is 2.46. The number of Topliss-reactive ketones (excluding diaryl/α,β-unsaturated/α-hetero) is 1. The van der Waals surface area contributed by atoms with E-state index in [1.165, 1.54) is 26.5 Å². The molecule has 2 aromatic rings. The Bertz CT molecular complexity index is 917. The standard InChI is InChI=1S/C18H15F3N2O4S/c1-26-10-5-9(6-11(7-10)27-2)22-8-13-14(23-17(25)18(19,20)21)12-3-4-28-16(12)15(13)24/h3-8,13-14H,1-2H3,(H,23,25). The number of carbonyl (C=O) groups excluding carboxylic acids is 2. The highest BCUT2D eigenvalue weighted by atomic mass is 32.1. The van der Waals surface area contributed by atoms with Crippen LogP contribution in [0.3, 0.4) is 0 Å². The fourth-order valence-corrected chi connectivity index (χ4v) is 3.77. The maximum absolute atomic E-state index is 12.7. The molecule has 148 valence electrons. The molecule has 10 heteroatoms. The largest absolute Gasteiger partial charge is 0.497 e. The first kappa shape index (κ1) is 19.9. The third-order valence-electron chi connectivity index (χ3n) is 4.18. The van der Waals surface area contributed by atoms with E-state index < -0.39 is 29.8 Å². The van der Waals surface area contributed by atoms with Crippen LogP contribution in [0.5, 0.6) is 11.5 Å². The van der Waals surface area contributed by atoms with Crippen molar-refractivity contribution < 1.29 is 32.2 Å². The lowest BCUT2D eigenvalue weighted by Crippen LogP contribution is -2.41. The van der Waals surface area contributed by atoms with Gasteiger partial charge in [-0.2, -0.15) is 13.2 Å². The Balaban J connectivity index is 1.91. The number of rotatable bonds is 5. The molecule has 1 heterocycles. The Kier molecular flexibility index (Phi) is 5.41. The SMILES string of the molecule is COc1cc(N=CC2C(=O)c3sccc3C2NC(=O)C(F)(F)F)cc(OC)c1. The zero-order valence-electron chi connectivity index (χ0n) is 14.7. The molecular formula is C18H15F3N2O4S. The number of halogens is 3. The van der Waals surface area contributed by atoms with Crippen molar-refractivity contribution >= 4 is 34.9 Å². The number of methoxy groups -OCH3 is 2. The van der Waals surface area contributed by atoms with Gasteiger partial charge in [0.25, 0.3) is 0 Å². The highest BCUT2D eigenvalue weighted by molar-refractivity contribution is 7.12. The third-order valence-corrected chi connectivity index (χ3v) is 5.13. The summed E-state index contributed by atoms with van der Waals surface area (Å²) < 4.78 is 48.3. The predicted octanol–water partition coefficient (Wildman–Crippen LogP) is 3.70. The monoisotopic (exact) mass is 412 g/mol. The van der Waals surface area contributed by atoms with Crippen LogP contribution in [0.4, 0.5) is 18.9 Å². The van der Waals surface area contributed by atoms with E-state index in [2.05, 4.69) is 4.99 Å². The number of hydrogen-bond acceptors (Lipinski definition) is 6. The van der Waals surface area contributed by atoms with E-state index in [1.54, 1.807) is 23.6 Å². The van der Waals surface area contributed by atoms with Crippen LogP contribution < -0.4 is 14.8 Å². The Labute approximate surface area is 162 Å². The number of thiophene rings is 1. The van der Waals surface area contributed by atoms with Gasteiger partial charge < -0.3 is 14.8 Å². The smallest absolute Gasteiger partial charge is 0.471 e. The summed E-state index contributed by atoms with van der Waals surface area (Å²) in [5.41, 5.74) is 0.743. The molecule has 1 aromatic carbocycles. The number of ketones is 1. The molecule has 1 aliphatic carbocycles. The van der Waals surface area contributed by atoms with Crippen LogP contribution in [-0.2, 0) is 4.79 Å². The first-order chi connectivity index (χ1) is 13.2. The van der Waals surface area contributed by atoms with Crippen molar-refractivity contribution in [2.75, 3.05) is 14.2 Å². The number of ether oxygens (including phenoxy) is 2. The van der Waals surface area contributed by atoms with Crippen LogP contribution in [0.1, 0.15) is 21.3 Å². The van der Waals surface area contributed by atoms with Gasteiger partial charge in [0.05, 0.1) is 36.7 Å². The van der Waals surface area contributed by atoms with Gasteiger partial charge in [0.2, 0.25) is 0 Å². The fourth-order valence-electron chi connectivity index (χ4n) is 2.84. The molecule has 1 aliphatic rings. The molecule has 2 atom stereocenters. The molecule has 1 amide bonds. The summed E-state index contributed by atoms with van der Waals surface area (Å²) >= 11 is 1.11. The summed E-state index contributed by atoms with van der Waals surface area (Å²) in [6.45, 7) is 0. The Morgan fingerprint density at radius 1 is 1.21 bits per heavy atom. The van der Waals surface area contributed by atoms with Crippen molar-refractivity contribution in [2.45, 2.75) is 12.2 Å². The average molecular weight is 412 g/mol. The van der Waals surface area contributed by atoms with Crippen LogP contribution >= 0.6 is 11.3 Å². The minimum Gasteiger partial charge on any atom is -0.497 e. The maximum Gasteiger partial charge on any atom is 0.471 e. The lowest BCUT2D eigenvalue weighted by atomic mass is 10.0. The Hall–Kier alpha value is -2.88. The van der Waals surface area contributed by atoms with E-state index in [0.29, 0.717) is 27.6 Å². The molecule has 28 heavy (non-hydrogen) atoms. The fraction of sp³-hybridized carbons (Fsp3) is 0.278. The number of amides is 1. The first-order valence-electron chi connectivity index (χ1n) is 8.01. The number of benzene rings is 1. The van der Waals surface area contributed by atoms with Gasteiger partial charge in [0.15, 0.2) is 5.78 Å². The molecule has 0 aliphatic heterocycles. The molecule has 0 saturated heterocycles. The van der Waals surface area contributed by atoms with Gasteiger partial charge in [-0.3, -0.25) is 14.6 Å². The van der Waals surface area contributed by atoms with Gasteiger partial charge >= 0.3 is 12.1 Å². The molecular weight excluding hydrogens is 397 g/mol. The highest BCUT2D eigenvalue weighted by Crippen LogP contribution is 2.39. The number of nitrogens with one attached hydrogen (secondary N) is 1. The second-order valence-electron chi connectivity index (χ2n) is 5.89. The number of fused-ring (bicyclic) bond motifs is 1. The van der Waals surface area contributed by atoms with Crippen LogP contribution in [-0.4, -0.2) is 38.3 Å². The van der Waals surface area contributed by atoms with Crippen molar-refractivity contribution in [3.05, 3.63) is 40.1 Å². The molecule has 0 saturated carbocycles. The summed E-state index contributed by atoms with van der Waals surface area (Å²) in [7, 11) is 2.92. The van der Waals surface area contributed by atoms with Crippen LogP contribution in [0.2, 0.25) is 0 Å². The van der Waals surface area contributed by atoms with Gasteiger partial charge in [-0.1, -0.05) is 0 Å². The lowest BCUT2D eigenvalue weighted by molar-refractivity contribution is -0.174. The molecule has 0 radical (unpaired) electrons. The van der Waals surface area contributed by atoms with Crippen molar-refractivity contribution in [1.29, 1.82) is 0 Å². The van der Waals surface area contributed by atoms with Gasteiger partial charge in [-0.05, 0) is 17.0 Å². The molecule has 1 N–H and O–H groups in total. The van der Waals surface area contributed by atoms with Gasteiger partial charge in [0.1, 0.15) is 11.5 Å². The minimum absolute atomic E-state index is 0.312. The van der Waals surface area contributed by atoms with Gasteiger partial charge in [-0.25, -0.2) is 0 Å². The molecule has 3 rings (SSSR count). The molecule has 0 spiro atoms. The number of hydrogen-bond donors (Lipinski definition) is 1. The molecule has 1 aromatic heterocycles. The summed E-state index contributed by atoms with van der Waals surface area (Å²) in [4.78, 5) is 28.5. The van der Waals surface area contributed by atoms with Crippen molar-refractivity contribution in [3.8, 4) is 11.5 Å². The minimum atomic E-state index is -5.05. The molecule has 0 bridgehead atoms. The first-order valence-corrected chi connectivity index (χ1v) is 8.89. The summed E-state index contributed by atoms with van der Waals surface area (Å²) in [5, 5.41) is 3.50. The van der Waals surface area contributed by atoms with Crippen LogP contribution in [0, 0.1) is 5.92 Å². The lowest BCUT2D eigenvalue weighted by Gasteiger charge is -2.18. The predicted molar refractivity (Wildman–Crippen MR) is 96.8 cm³/mol. The zero-order chi connectivity index (χ0) is 20.5. The van der Waals surface area contributed by atoms with E-state index >= 15 is 0 Å². The van der Waals surface area contributed by atoms with Gasteiger partial charge in [-0.15, -0.1) is 11.3 Å². The Morgan fingerprint density at radius 3 is 2.43 bits per heavy atom. The summed E-state index contributed by atoms with van der Waals surface area (Å²) in [6.07, 6.45) is -3.81. The molecule has 6 nitrogen and oxygen atoms in total. The second-order valence-corrected chi connectivity index (χ2v) is 6.81. The van der Waals surface area contributed by atoms with Crippen molar-refractivity contribution in [3.63, 3.8) is 0 Å². The topological polar surface area (TPSA) is 77.0 Å². The van der Waals surface area contributed by atoms with Gasteiger partial charge in [0, 0.05) is 24.4 Å². The maximum atomic E-state index is 12.7. The summed E-state index contributed by atoms with van der Waals surface area (Å²) in [5.74, 6) is -2.62. The van der Waals surface area contributed by atoms with E-state index in [4.69, 9.17) is 9.47 Å². The molecule has 0 fully saturated rings. The van der Waals surface area contributed by atoms with E-state index in [-0.39, 0.29) is 0 Å². The van der Waals surface area contributed by atoms with Crippen molar-refractivity contribution in [1.82, 2.24) is 5.32 Å².